The molecule has 2 N–H and O–H groups in total. The fourth-order valence-electron chi connectivity index (χ4n) is 1.19. The Bertz CT molecular complexity index is 198. The SMILES string of the molecule is CC(C)C(C)C(=O)N(CCN)CC(F)F. The Balaban J connectivity index is 4.40. The highest BCUT2D eigenvalue weighted by Gasteiger charge is 2.24. The summed E-state index contributed by atoms with van der Waals surface area (Å²) in [7, 11) is 0. The van der Waals surface area contributed by atoms with Gasteiger partial charge in [-0.15, -0.1) is 0 Å². The number of halogens is 2. The van der Waals surface area contributed by atoms with E-state index < -0.39 is 13.0 Å². The minimum Gasteiger partial charge on any atom is -0.335 e. The van der Waals surface area contributed by atoms with Gasteiger partial charge >= 0.3 is 0 Å². The van der Waals surface area contributed by atoms with Gasteiger partial charge in [0.1, 0.15) is 0 Å². The van der Waals surface area contributed by atoms with Crippen molar-refractivity contribution in [3.05, 3.63) is 0 Å². The third-order valence-corrected chi connectivity index (χ3v) is 2.46. The fraction of sp³-hybridized carbons (Fsp3) is 0.900. The van der Waals surface area contributed by atoms with Crippen LogP contribution in [0.15, 0.2) is 0 Å². The van der Waals surface area contributed by atoms with Gasteiger partial charge in [-0.2, -0.15) is 0 Å². The van der Waals surface area contributed by atoms with Gasteiger partial charge < -0.3 is 10.6 Å². The van der Waals surface area contributed by atoms with Gasteiger partial charge in [-0.1, -0.05) is 20.8 Å². The number of alkyl halides is 2. The van der Waals surface area contributed by atoms with E-state index in [1.165, 1.54) is 0 Å². The molecule has 0 aliphatic rings. The summed E-state index contributed by atoms with van der Waals surface area (Å²) in [6, 6.07) is 0. The molecule has 0 aromatic rings. The molecule has 0 aromatic carbocycles. The molecular formula is C10H20F2N2O. The Hall–Kier alpha value is -0.710. The summed E-state index contributed by atoms with van der Waals surface area (Å²) in [5.41, 5.74) is 5.28. The number of nitrogens with two attached hydrogens (primary N) is 1. The van der Waals surface area contributed by atoms with Crippen molar-refractivity contribution in [1.82, 2.24) is 4.90 Å². The van der Waals surface area contributed by atoms with Crippen LogP contribution in [0.25, 0.3) is 0 Å². The normalized spacial score (nSPS) is 13.3. The second-order valence-electron chi connectivity index (χ2n) is 4.00. The van der Waals surface area contributed by atoms with Crippen LogP contribution < -0.4 is 5.73 Å². The number of rotatable bonds is 6. The third-order valence-electron chi connectivity index (χ3n) is 2.46. The standard InChI is InChI=1S/C10H20F2N2O/c1-7(2)8(3)10(15)14(5-4-13)6-9(11)12/h7-9H,4-6,13H2,1-3H3. The van der Waals surface area contributed by atoms with E-state index in [1.807, 2.05) is 13.8 Å². The molecule has 1 atom stereocenters. The molecule has 90 valence electrons. The zero-order valence-corrected chi connectivity index (χ0v) is 9.54. The summed E-state index contributed by atoms with van der Waals surface area (Å²) in [6.45, 7) is 5.43. The maximum Gasteiger partial charge on any atom is 0.255 e. The number of nitrogens with zero attached hydrogens (tertiary/aromatic N) is 1. The molecule has 5 heteroatoms. The summed E-state index contributed by atoms with van der Waals surface area (Å²) < 4.78 is 24.4. The Morgan fingerprint density at radius 3 is 2.20 bits per heavy atom. The van der Waals surface area contributed by atoms with Crippen LogP contribution in [0.5, 0.6) is 0 Å². The Kier molecular flexibility index (Phi) is 6.40. The van der Waals surface area contributed by atoms with E-state index in [1.54, 1.807) is 6.92 Å². The summed E-state index contributed by atoms with van der Waals surface area (Å²) in [6.07, 6.45) is -2.50. The van der Waals surface area contributed by atoms with Gasteiger partial charge in [-0.25, -0.2) is 8.78 Å². The highest BCUT2D eigenvalue weighted by molar-refractivity contribution is 5.78. The van der Waals surface area contributed by atoms with Gasteiger partial charge in [-0.3, -0.25) is 4.79 Å². The van der Waals surface area contributed by atoms with Crippen LogP contribution in [0, 0.1) is 11.8 Å². The van der Waals surface area contributed by atoms with E-state index in [-0.39, 0.29) is 30.8 Å². The second kappa shape index (κ2) is 6.71. The van der Waals surface area contributed by atoms with Crippen LogP contribution in [0.2, 0.25) is 0 Å². The van der Waals surface area contributed by atoms with Crippen molar-refractivity contribution >= 4 is 5.91 Å². The lowest BCUT2D eigenvalue weighted by Gasteiger charge is -2.26. The molecule has 0 saturated carbocycles. The lowest BCUT2D eigenvalue weighted by molar-refractivity contribution is -0.138. The maximum atomic E-state index is 12.2. The predicted molar refractivity (Wildman–Crippen MR) is 55.6 cm³/mol. The molecule has 3 nitrogen and oxygen atoms in total. The Morgan fingerprint density at radius 2 is 1.87 bits per heavy atom. The quantitative estimate of drug-likeness (QED) is 0.737. The highest BCUT2D eigenvalue weighted by atomic mass is 19.3. The first-order chi connectivity index (χ1) is 6.90. The molecular weight excluding hydrogens is 202 g/mol. The molecule has 1 amide bonds. The smallest absolute Gasteiger partial charge is 0.255 e. The van der Waals surface area contributed by atoms with Crippen LogP contribution >= 0.6 is 0 Å². The number of hydrogen-bond acceptors (Lipinski definition) is 2. The van der Waals surface area contributed by atoms with Crippen molar-refractivity contribution in [3.63, 3.8) is 0 Å². The lowest BCUT2D eigenvalue weighted by atomic mass is 9.96. The maximum absolute atomic E-state index is 12.2. The molecule has 0 radical (unpaired) electrons. The van der Waals surface area contributed by atoms with E-state index in [0.29, 0.717) is 0 Å². The van der Waals surface area contributed by atoms with Gasteiger partial charge in [0.25, 0.3) is 6.43 Å². The van der Waals surface area contributed by atoms with Crippen molar-refractivity contribution < 1.29 is 13.6 Å². The number of carbonyl (C=O) groups is 1. The topological polar surface area (TPSA) is 46.3 Å². The van der Waals surface area contributed by atoms with Crippen molar-refractivity contribution in [1.29, 1.82) is 0 Å². The average Bonchev–Trinajstić information content (AvgIpc) is 2.14. The third kappa shape index (κ3) is 5.06. The van der Waals surface area contributed by atoms with Crippen molar-refractivity contribution in [2.75, 3.05) is 19.6 Å². The summed E-state index contributed by atoms with van der Waals surface area (Å²) in [4.78, 5) is 12.9. The monoisotopic (exact) mass is 222 g/mol. The van der Waals surface area contributed by atoms with E-state index in [2.05, 4.69) is 0 Å². The van der Waals surface area contributed by atoms with Crippen LogP contribution in [0.4, 0.5) is 8.78 Å². The number of amides is 1. The number of carbonyl (C=O) groups excluding carboxylic acids is 1. The molecule has 0 heterocycles. The van der Waals surface area contributed by atoms with Crippen LogP contribution in [-0.4, -0.2) is 36.9 Å². The Labute approximate surface area is 89.6 Å². The molecule has 0 aliphatic carbocycles. The summed E-state index contributed by atoms with van der Waals surface area (Å²) >= 11 is 0. The van der Waals surface area contributed by atoms with Gasteiger partial charge in [0, 0.05) is 19.0 Å². The second-order valence-corrected chi connectivity index (χ2v) is 4.00. The first kappa shape index (κ1) is 14.3. The van der Waals surface area contributed by atoms with Crippen LogP contribution in [0.1, 0.15) is 20.8 Å². The predicted octanol–water partition coefficient (Wildman–Crippen LogP) is 1.33. The van der Waals surface area contributed by atoms with Gasteiger partial charge in [0.2, 0.25) is 5.91 Å². The van der Waals surface area contributed by atoms with Gasteiger partial charge in [-0.05, 0) is 5.92 Å². The van der Waals surface area contributed by atoms with Crippen molar-refractivity contribution in [3.8, 4) is 0 Å². The zero-order chi connectivity index (χ0) is 12.0. The van der Waals surface area contributed by atoms with Crippen LogP contribution in [0.3, 0.4) is 0 Å². The molecule has 15 heavy (non-hydrogen) atoms. The van der Waals surface area contributed by atoms with E-state index in [4.69, 9.17) is 5.73 Å². The Morgan fingerprint density at radius 1 is 1.33 bits per heavy atom. The largest absolute Gasteiger partial charge is 0.335 e. The zero-order valence-electron chi connectivity index (χ0n) is 9.54. The van der Waals surface area contributed by atoms with Crippen molar-refractivity contribution in [2.24, 2.45) is 17.6 Å². The fourth-order valence-corrected chi connectivity index (χ4v) is 1.19. The molecule has 0 spiro atoms. The lowest BCUT2D eigenvalue weighted by Crippen LogP contribution is -2.42. The van der Waals surface area contributed by atoms with E-state index in [0.717, 1.165) is 4.90 Å². The van der Waals surface area contributed by atoms with E-state index >= 15 is 0 Å². The molecule has 0 bridgehead atoms. The van der Waals surface area contributed by atoms with Crippen LogP contribution in [-0.2, 0) is 4.79 Å². The molecule has 0 fully saturated rings. The van der Waals surface area contributed by atoms with E-state index in [9.17, 15) is 13.6 Å². The minimum atomic E-state index is -2.50. The summed E-state index contributed by atoms with van der Waals surface area (Å²) in [5, 5.41) is 0. The van der Waals surface area contributed by atoms with Crippen molar-refractivity contribution in [2.45, 2.75) is 27.2 Å². The highest BCUT2D eigenvalue weighted by Crippen LogP contribution is 2.14. The molecule has 0 rings (SSSR count). The molecule has 0 saturated heterocycles. The first-order valence-corrected chi connectivity index (χ1v) is 5.17. The summed E-state index contributed by atoms with van der Waals surface area (Å²) in [5.74, 6) is -0.332. The molecule has 0 aliphatic heterocycles. The minimum absolute atomic E-state index is 0.149. The van der Waals surface area contributed by atoms with Gasteiger partial charge in [0.05, 0.1) is 6.54 Å². The molecule has 1 unspecified atom stereocenters. The van der Waals surface area contributed by atoms with Gasteiger partial charge in [0.15, 0.2) is 0 Å². The first-order valence-electron chi connectivity index (χ1n) is 5.17. The molecule has 0 aromatic heterocycles. The average molecular weight is 222 g/mol. The number of hydrogen-bond donors (Lipinski definition) is 1.